The Morgan fingerprint density at radius 2 is 1.54 bits per heavy atom. The highest BCUT2D eigenvalue weighted by molar-refractivity contribution is 6.09. The van der Waals surface area contributed by atoms with E-state index >= 15 is 0 Å². The van der Waals surface area contributed by atoms with Crippen LogP contribution in [0.25, 0.3) is 0 Å². The number of phenolic OH excluding ortho intramolecular Hbond substituents is 2. The molecule has 1 aliphatic carbocycles. The van der Waals surface area contributed by atoms with E-state index in [0.717, 1.165) is 27.9 Å². The SMILES string of the molecule is O=C1Nc2ccccc2C12CC(c1ccccc1O)c1c(O)cccc12. The largest absolute Gasteiger partial charge is 0.508 e. The topological polar surface area (TPSA) is 69.6 Å². The minimum Gasteiger partial charge on any atom is -0.508 e. The van der Waals surface area contributed by atoms with Crippen molar-refractivity contribution < 1.29 is 15.0 Å². The fraction of sp³-hybridized carbons (Fsp3) is 0.136. The van der Waals surface area contributed by atoms with Crippen LogP contribution in [0, 0.1) is 0 Å². The molecule has 2 atom stereocenters. The number of hydrogen-bond acceptors (Lipinski definition) is 3. The highest BCUT2D eigenvalue weighted by atomic mass is 16.3. The molecule has 4 nitrogen and oxygen atoms in total. The van der Waals surface area contributed by atoms with Crippen molar-refractivity contribution in [1.29, 1.82) is 0 Å². The first kappa shape index (κ1) is 15.0. The summed E-state index contributed by atoms with van der Waals surface area (Å²) in [5.74, 6) is -0.00645. The van der Waals surface area contributed by atoms with Gasteiger partial charge in [0.1, 0.15) is 16.9 Å². The highest BCUT2D eigenvalue weighted by Gasteiger charge is 2.55. The smallest absolute Gasteiger partial charge is 0.239 e. The van der Waals surface area contributed by atoms with Crippen LogP contribution < -0.4 is 5.32 Å². The minimum absolute atomic E-state index is 0.0801. The second kappa shape index (κ2) is 5.11. The summed E-state index contributed by atoms with van der Waals surface area (Å²) < 4.78 is 0. The summed E-state index contributed by atoms with van der Waals surface area (Å²) in [6, 6.07) is 20.2. The van der Waals surface area contributed by atoms with Gasteiger partial charge in [0.2, 0.25) is 5.91 Å². The number of benzene rings is 3. The highest BCUT2D eigenvalue weighted by Crippen LogP contribution is 2.59. The molecule has 1 heterocycles. The number of anilines is 1. The van der Waals surface area contributed by atoms with Crippen molar-refractivity contribution in [2.45, 2.75) is 17.8 Å². The van der Waals surface area contributed by atoms with Crippen LogP contribution in [0.1, 0.15) is 34.6 Å². The number of para-hydroxylation sites is 2. The predicted molar refractivity (Wildman–Crippen MR) is 98.5 cm³/mol. The van der Waals surface area contributed by atoms with Gasteiger partial charge in [-0.25, -0.2) is 0 Å². The molecule has 26 heavy (non-hydrogen) atoms. The average Bonchev–Trinajstić information content (AvgIpc) is 3.14. The van der Waals surface area contributed by atoms with E-state index in [2.05, 4.69) is 5.32 Å². The fourth-order valence-electron chi connectivity index (χ4n) is 4.64. The summed E-state index contributed by atoms with van der Waals surface area (Å²) in [7, 11) is 0. The Labute approximate surface area is 150 Å². The molecule has 0 radical (unpaired) electrons. The molecule has 5 rings (SSSR count). The Hall–Kier alpha value is -3.27. The molecule has 1 amide bonds. The Bertz CT molecular complexity index is 1060. The number of hydrogen-bond donors (Lipinski definition) is 3. The lowest BCUT2D eigenvalue weighted by Crippen LogP contribution is -2.33. The molecule has 1 aliphatic heterocycles. The number of phenols is 2. The van der Waals surface area contributed by atoms with Gasteiger partial charge in [-0.2, -0.15) is 0 Å². The number of amides is 1. The molecule has 1 spiro atoms. The number of nitrogens with one attached hydrogen (secondary N) is 1. The van der Waals surface area contributed by atoms with Gasteiger partial charge >= 0.3 is 0 Å². The number of rotatable bonds is 1. The van der Waals surface area contributed by atoms with Crippen molar-refractivity contribution in [3.63, 3.8) is 0 Å². The van der Waals surface area contributed by atoms with Crippen molar-refractivity contribution in [1.82, 2.24) is 0 Å². The third-order valence-electron chi connectivity index (χ3n) is 5.74. The summed E-state index contributed by atoms with van der Waals surface area (Å²) >= 11 is 0. The van der Waals surface area contributed by atoms with Crippen molar-refractivity contribution in [3.8, 4) is 11.5 Å². The van der Waals surface area contributed by atoms with Gasteiger partial charge in [-0.3, -0.25) is 4.79 Å². The normalized spacial score (nSPS) is 22.9. The van der Waals surface area contributed by atoms with E-state index < -0.39 is 5.41 Å². The molecule has 0 saturated carbocycles. The summed E-state index contributed by atoms with van der Waals surface area (Å²) in [4.78, 5) is 13.1. The van der Waals surface area contributed by atoms with E-state index in [-0.39, 0.29) is 23.3 Å². The lowest BCUT2D eigenvalue weighted by molar-refractivity contribution is -0.119. The molecule has 0 bridgehead atoms. The first-order chi connectivity index (χ1) is 12.6. The Morgan fingerprint density at radius 3 is 2.38 bits per heavy atom. The quantitative estimate of drug-likeness (QED) is 0.628. The van der Waals surface area contributed by atoms with Crippen LogP contribution in [0.15, 0.2) is 66.7 Å². The molecule has 0 saturated heterocycles. The molecular formula is C22H17NO3. The van der Waals surface area contributed by atoms with E-state index in [1.165, 1.54) is 0 Å². The van der Waals surface area contributed by atoms with E-state index in [0.29, 0.717) is 6.42 Å². The molecule has 128 valence electrons. The second-order valence-electron chi connectivity index (χ2n) is 6.96. The molecule has 0 aromatic heterocycles. The van der Waals surface area contributed by atoms with Crippen LogP contribution in [0.3, 0.4) is 0 Å². The molecule has 2 unspecified atom stereocenters. The van der Waals surface area contributed by atoms with E-state index in [1.807, 2.05) is 42.5 Å². The predicted octanol–water partition coefficient (Wildman–Crippen LogP) is 3.87. The lowest BCUT2D eigenvalue weighted by Gasteiger charge is -2.23. The summed E-state index contributed by atoms with van der Waals surface area (Å²) in [6.45, 7) is 0. The van der Waals surface area contributed by atoms with Crippen LogP contribution in [0.5, 0.6) is 11.5 Å². The molecule has 3 N–H and O–H groups in total. The maximum atomic E-state index is 13.1. The van der Waals surface area contributed by atoms with Crippen LogP contribution in [-0.2, 0) is 10.2 Å². The summed E-state index contributed by atoms with van der Waals surface area (Å²) in [5.41, 5.74) is 3.15. The molecular weight excluding hydrogens is 326 g/mol. The van der Waals surface area contributed by atoms with Crippen LogP contribution >= 0.6 is 0 Å². The lowest BCUT2D eigenvalue weighted by atomic mass is 9.75. The van der Waals surface area contributed by atoms with Gasteiger partial charge in [-0.15, -0.1) is 0 Å². The van der Waals surface area contributed by atoms with Crippen LogP contribution in [0.2, 0.25) is 0 Å². The van der Waals surface area contributed by atoms with Gasteiger partial charge in [-0.1, -0.05) is 48.5 Å². The van der Waals surface area contributed by atoms with E-state index in [1.54, 1.807) is 24.3 Å². The van der Waals surface area contributed by atoms with Gasteiger partial charge in [0.05, 0.1) is 0 Å². The van der Waals surface area contributed by atoms with Gasteiger partial charge in [0.25, 0.3) is 0 Å². The van der Waals surface area contributed by atoms with Crippen molar-refractivity contribution in [2.75, 3.05) is 5.32 Å². The number of aromatic hydroxyl groups is 2. The maximum Gasteiger partial charge on any atom is 0.239 e. The minimum atomic E-state index is -0.850. The van der Waals surface area contributed by atoms with Crippen LogP contribution in [-0.4, -0.2) is 16.1 Å². The second-order valence-corrected chi connectivity index (χ2v) is 6.96. The molecule has 2 aliphatic rings. The van der Waals surface area contributed by atoms with E-state index in [4.69, 9.17) is 0 Å². The standard InChI is InChI=1S/C22H17NO3/c24-18-10-4-1-6-13(18)14-12-22(16-8-5-11-19(25)20(14)16)15-7-2-3-9-17(15)23-21(22)26/h1-11,14,24-25H,12H2,(H,23,26). The molecule has 3 aromatic carbocycles. The Balaban J connectivity index is 1.81. The van der Waals surface area contributed by atoms with Crippen LogP contribution in [0.4, 0.5) is 5.69 Å². The molecule has 4 heteroatoms. The first-order valence-corrected chi connectivity index (χ1v) is 8.64. The summed E-state index contributed by atoms with van der Waals surface area (Å²) in [5, 5.41) is 24.0. The third kappa shape index (κ3) is 1.76. The zero-order valence-corrected chi connectivity index (χ0v) is 13.9. The monoisotopic (exact) mass is 343 g/mol. The zero-order valence-electron chi connectivity index (χ0n) is 13.9. The number of fused-ring (bicyclic) bond motifs is 4. The Morgan fingerprint density at radius 1 is 0.846 bits per heavy atom. The molecule has 0 fully saturated rings. The maximum absolute atomic E-state index is 13.1. The zero-order chi connectivity index (χ0) is 17.9. The molecule has 3 aromatic rings. The van der Waals surface area contributed by atoms with Crippen molar-refractivity contribution >= 4 is 11.6 Å². The van der Waals surface area contributed by atoms with Crippen molar-refractivity contribution in [3.05, 3.63) is 89.0 Å². The first-order valence-electron chi connectivity index (χ1n) is 8.64. The number of carbonyl (C=O) groups is 1. The Kier molecular flexibility index (Phi) is 2.95. The van der Waals surface area contributed by atoms with Gasteiger partial charge < -0.3 is 15.5 Å². The van der Waals surface area contributed by atoms with E-state index in [9.17, 15) is 15.0 Å². The average molecular weight is 343 g/mol. The van der Waals surface area contributed by atoms with Gasteiger partial charge in [0, 0.05) is 22.7 Å². The van der Waals surface area contributed by atoms with Crippen molar-refractivity contribution in [2.24, 2.45) is 0 Å². The number of carbonyl (C=O) groups excluding carboxylic acids is 1. The van der Waals surface area contributed by atoms with Gasteiger partial charge in [0.15, 0.2) is 0 Å². The third-order valence-corrected chi connectivity index (χ3v) is 5.74. The summed E-state index contributed by atoms with van der Waals surface area (Å²) in [6.07, 6.45) is 0.473. The fourth-order valence-corrected chi connectivity index (χ4v) is 4.64. The van der Waals surface area contributed by atoms with Gasteiger partial charge in [-0.05, 0) is 35.7 Å².